The van der Waals surface area contributed by atoms with Gasteiger partial charge in [-0.15, -0.1) is 12.4 Å². The van der Waals surface area contributed by atoms with Crippen molar-refractivity contribution in [1.82, 2.24) is 10.6 Å². The largest absolute Gasteiger partial charge is 0.349 e. The summed E-state index contributed by atoms with van der Waals surface area (Å²) in [6.07, 6.45) is 1.78. The highest BCUT2D eigenvalue weighted by atomic mass is 35.5. The summed E-state index contributed by atoms with van der Waals surface area (Å²) in [5.41, 5.74) is 0.274. The highest BCUT2D eigenvalue weighted by Gasteiger charge is 2.17. The minimum atomic E-state index is -0.499. The first-order valence-electron chi connectivity index (χ1n) is 5.93. The van der Waals surface area contributed by atoms with Crippen LogP contribution in [0.4, 0.5) is 5.69 Å². The van der Waals surface area contributed by atoms with Crippen LogP contribution in [0, 0.1) is 10.1 Å². The molecular weight excluding hydrogens is 270 g/mol. The summed E-state index contributed by atoms with van der Waals surface area (Å²) in [7, 11) is 0. The van der Waals surface area contributed by atoms with Crippen molar-refractivity contribution in [2.45, 2.75) is 18.9 Å². The molecule has 2 N–H and O–H groups in total. The molecule has 0 unspecified atom stereocenters. The molecule has 0 aliphatic carbocycles. The van der Waals surface area contributed by atoms with Crippen LogP contribution in [0.25, 0.3) is 0 Å². The standard InChI is InChI=1S/C12H15N3O3.ClH/c16-12(14-10-4-6-13-7-5-10)9-2-1-3-11(8-9)15(17)18;/h1-3,8,10,13H,4-7H2,(H,14,16);1H. The monoisotopic (exact) mass is 285 g/mol. The number of non-ortho nitro benzene ring substituents is 1. The SMILES string of the molecule is Cl.O=C(NC1CCNCC1)c1cccc([N+](=O)[O-])c1. The van der Waals surface area contributed by atoms with Gasteiger partial charge in [0.05, 0.1) is 4.92 Å². The van der Waals surface area contributed by atoms with Gasteiger partial charge in [-0.2, -0.15) is 0 Å². The Morgan fingerprint density at radius 2 is 2.05 bits per heavy atom. The van der Waals surface area contributed by atoms with E-state index in [1.165, 1.54) is 18.2 Å². The van der Waals surface area contributed by atoms with Gasteiger partial charge in [0.15, 0.2) is 0 Å². The number of hydrogen-bond donors (Lipinski definition) is 2. The van der Waals surface area contributed by atoms with Crippen LogP contribution in [-0.4, -0.2) is 30.0 Å². The molecule has 2 rings (SSSR count). The van der Waals surface area contributed by atoms with Gasteiger partial charge in [-0.1, -0.05) is 6.07 Å². The Hall–Kier alpha value is -1.66. The maximum absolute atomic E-state index is 11.9. The molecule has 0 radical (unpaired) electrons. The van der Waals surface area contributed by atoms with Crippen molar-refractivity contribution >= 4 is 24.0 Å². The zero-order chi connectivity index (χ0) is 13.0. The van der Waals surface area contributed by atoms with Crippen molar-refractivity contribution in [3.8, 4) is 0 Å². The number of rotatable bonds is 3. The Bertz CT molecular complexity index is 461. The number of nitrogens with zero attached hydrogens (tertiary/aromatic N) is 1. The number of piperidine rings is 1. The Labute approximate surface area is 117 Å². The fourth-order valence-corrected chi connectivity index (χ4v) is 2.00. The number of nitrogens with one attached hydrogen (secondary N) is 2. The first kappa shape index (κ1) is 15.4. The van der Waals surface area contributed by atoms with Crippen LogP contribution in [0.1, 0.15) is 23.2 Å². The van der Waals surface area contributed by atoms with E-state index in [1.807, 2.05) is 0 Å². The summed E-state index contributed by atoms with van der Waals surface area (Å²) in [4.78, 5) is 22.1. The average Bonchev–Trinajstić information content (AvgIpc) is 2.40. The number of carbonyl (C=O) groups is 1. The lowest BCUT2D eigenvalue weighted by atomic mass is 10.1. The number of amides is 1. The second kappa shape index (κ2) is 7.06. The summed E-state index contributed by atoms with van der Waals surface area (Å²) < 4.78 is 0. The molecular formula is C12H16ClN3O3. The molecule has 1 aromatic carbocycles. The molecule has 1 saturated heterocycles. The highest BCUT2D eigenvalue weighted by Crippen LogP contribution is 2.13. The predicted molar refractivity (Wildman–Crippen MR) is 73.7 cm³/mol. The molecule has 1 aliphatic rings. The molecule has 0 spiro atoms. The normalized spacial score (nSPS) is 15.4. The lowest BCUT2D eigenvalue weighted by Gasteiger charge is -2.23. The first-order valence-corrected chi connectivity index (χ1v) is 5.93. The Kier molecular flexibility index (Phi) is 5.72. The van der Waals surface area contributed by atoms with Crippen molar-refractivity contribution in [1.29, 1.82) is 0 Å². The van der Waals surface area contributed by atoms with Gasteiger partial charge in [0, 0.05) is 23.7 Å². The smallest absolute Gasteiger partial charge is 0.270 e. The molecule has 1 aromatic rings. The molecule has 104 valence electrons. The van der Waals surface area contributed by atoms with Crippen LogP contribution in [0.15, 0.2) is 24.3 Å². The van der Waals surface area contributed by atoms with Gasteiger partial charge in [-0.3, -0.25) is 14.9 Å². The van der Waals surface area contributed by atoms with E-state index in [9.17, 15) is 14.9 Å². The number of carbonyl (C=O) groups excluding carboxylic acids is 1. The van der Waals surface area contributed by atoms with Crippen molar-refractivity contribution < 1.29 is 9.72 Å². The van der Waals surface area contributed by atoms with Gasteiger partial charge in [-0.05, 0) is 32.0 Å². The third-order valence-electron chi connectivity index (χ3n) is 2.99. The molecule has 1 amide bonds. The zero-order valence-electron chi connectivity index (χ0n) is 10.3. The molecule has 7 heteroatoms. The number of benzene rings is 1. The van der Waals surface area contributed by atoms with Crippen LogP contribution in [0.5, 0.6) is 0 Å². The van der Waals surface area contributed by atoms with E-state index in [-0.39, 0.29) is 30.0 Å². The molecule has 0 bridgehead atoms. The van der Waals surface area contributed by atoms with E-state index >= 15 is 0 Å². The maximum Gasteiger partial charge on any atom is 0.270 e. The van der Waals surface area contributed by atoms with E-state index in [0.29, 0.717) is 5.56 Å². The molecule has 1 fully saturated rings. The van der Waals surface area contributed by atoms with Gasteiger partial charge < -0.3 is 10.6 Å². The van der Waals surface area contributed by atoms with E-state index in [2.05, 4.69) is 10.6 Å². The molecule has 0 aromatic heterocycles. The highest BCUT2D eigenvalue weighted by molar-refractivity contribution is 5.95. The Morgan fingerprint density at radius 1 is 1.37 bits per heavy atom. The van der Waals surface area contributed by atoms with Crippen molar-refractivity contribution in [2.24, 2.45) is 0 Å². The fourth-order valence-electron chi connectivity index (χ4n) is 2.00. The third-order valence-corrected chi connectivity index (χ3v) is 2.99. The van der Waals surface area contributed by atoms with E-state index in [4.69, 9.17) is 0 Å². The minimum Gasteiger partial charge on any atom is -0.349 e. The molecule has 6 nitrogen and oxygen atoms in total. The summed E-state index contributed by atoms with van der Waals surface area (Å²) in [5, 5.41) is 16.7. The first-order chi connectivity index (χ1) is 8.66. The number of hydrogen-bond acceptors (Lipinski definition) is 4. The second-order valence-electron chi connectivity index (χ2n) is 4.31. The lowest BCUT2D eigenvalue weighted by Crippen LogP contribution is -2.42. The molecule has 0 saturated carbocycles. The van der Waals surface area contributed by atoms with E-state index < -0.39 is 4.92 Å². The van der Waals surface area contributed by atoms with Gasteiger partial charge in [-0.25, -0.2) is 0 Å². The number of nitro benzene ring substituents is 1. The van der Waals surface area contributed by atoms with Crippen LogP contribution in [-0.2, 0) is 0 Å². The summed E-state index contributed by atoms with van der Waals surface area (Å²) in [5.74, 6) is -0.245. The quantitative estimate of drug-likeness (QED) is 0.651. The molecule has 0 atom stereocenters. The molecule has 1 heterocycles. The predicted octanol–water partition coefficient (Wildman–Crippen LogP) is 1.50. The van der Waals surface area contributed by atoms with Crippen LogP contribution >= 0.6 is 12.4 Å². The van der Waals surface area contributed by atoms with Gasteiger partial charge in [0.1, 0.15) is 0 Å². The van der Waals surface area contributed by atoms with E-state index in [1.54, 1.807) is 6.07 Å². The topological polar surface area (TPSA) is 84.3 Å². The summed E-state index contributed by atoms with van der Waals surface area (Å²) in [6.45, 7) is 1.78. The van der Waals surface area contributed by atoms with Crippen LogP contribution in [0.3, 0.4) is 0 Å². The maximum atomic E-state index is 11.9. The minimum absolute atomic E-state index is 0. The van der Waals surface area contributed by atoms with Crippen molar-refractivity contribution in [2.75, 3.05) is 13.1 Å². The fraction of sp³-hybridized carbons (Fsp3) is 0.417. The van der Waals surface area contributed by atoms with E-state index in [0.717, 1.165) is 25.9 Å². The van der Waals surface area contributed by atoms with Gasteiger partial charge >= 0.3 is 0 Å². The summed E-state index contributed by atoms with van der Waals surface area (Å²) >= 11 is 0. The van der Waals surface area contributed by atoms with Crippen molar-refractivity contribution in [3.63, 3.8) is 0 Å². The average molecular weight is 286 g/mol. The van der Waals surface area contributed by atoms with Gasteiger partial charge in [0.2, 0.25) is 0 Å². The van der Waals surface area contributed by atoms with Crippen molar-refractivity contribution in [3.05, 3.63) is 39.9 Å². The Morgan fingerprint density at radius 3 is 2.68 bits per heavy atom. The second-order valence-corrected chi connectivity index (χ2v) is 4.31. The zero-order valence-corrected chi connectivity index (χ0v) is 11.1. The number of halogens is 1. The van der Waals surface area contributed by atoms with Crippen LogP contribution in [0.2, 0.25) is 0 Å². The lowest BCUT2D eigenvalue weighted by molar-refractivity contribution is -0.384. The number of nitro groups is 1. The molecule has 19 heavy (non-hydrogen) atoms. The summed E-state index contributed by atoms with van der Waals surface area (Å²) in [6, 6.07) is 5.94. The third kappa shape index (κ3) is 4.18. The van der Waals surface area contributed by atoms with Crippen LogP contribution < -0.4 is 10.6 Å². The Balaban J connectivity index is 0.00000180. The van der Waals surface area contributed by atoms with Gasteiger partial charge in [0.25, 0.3) is 11.6 Å². The molecule has 1 aliphatic heterocycles.